The molecule has 564 valence electrons. The van der Waals surface area contributed by atoms with Gasteiger partial charge < -0.3 is 33.8 Å². The zero-order chi connectivity index (χ0) is 70.3. The molecule has 0 aliphatic rings. The normalized spacial score (nSPS) is 14.7. The molecule has 7 atom stereocenters. The van der Waals surface area contributed by atoms with E-state index in [1.165, 1.54) is 180 Å². The first-order valence-corrected chi connectivity index (χ1v) is 42.3. The average molecular weight is 1400 g/mol. The molecule has 3 N–H and O–H groups in total. The Morgan fingerprint density at radius 3 is 0.747 bits per heavy atom. The summed E-state index contributed by atoms with van der Waals surface area (Å²) in [6, 6.07) is 0. The van der Waals surface area contributed by atoms with Gasteiger partial charge in [-0.3, -0.25) is 37.3 Å². The lowest BCUT2D eigenvalue weighted by atomic mass is 9.99. The minimum absolute atomic E-state index is 0.105. The molecule has 0 heterocycles. The Morgan fingerprint density at radius 1 is 0.295 bits per heavy atom. The van der Waals surface area contributed by atoms with Crippen molar-refractivity contribution in [2.24, 2.45) is 23.7 Å². The SMILES string of the molecule is CCC(C)CCCCCCCCCCCCCCCCC(=O)O[C@H](COC(=O)CCCCCCCCC(C)CC)COP(=O)(O)OC[C@H](O)COP(=O)(O)OC[C@@H](COC(=O)CCCCCCCCCCCCCCC(C)C)OC(=O)CCCCCCCCCCCC(C)C. The molecule has 0 saturated heterocycles. The highest BCUT2D eigenvalue weighted by molar-refractivity contribution is 7.47. The molecule has 0 aromatic heterocycles. The Morgan fingerprint density at radius 2 is 0.505 bits per heavy atom. The fraction of sp³-hybridized carbons (Fsp3) is 0.947. The van der Waals surface area contributed by atoms with E-state index in [-0.39, 0.29) is 25.7 Å². The monoisotopic (exact) mass is 1400 g/mol. The quantitative estimate of drug-likeness (QED) is 0.0222. The van der Waals surface area contributed by atoms with E-state index in [0.29, 0.717) is 25.7 Å². The summed E-state index contributed by atoms with van der Waals surface area (Å²) < 4.78 is 68.5. The van der Waals surface area contributed by atoms with E-state index in [0.717, 1.165) is 120 Å². The van der Waals surface area contributed by atoms with Crippen LogP contribution in [0.3, 0.4) is 0 Å². The van der Waals surface area contributed by atoms with Gasteiger partial charge in [-0.1, -0.05) is 331 Å². The molecular weight excluding hydrogens is 1250 g/mol. The smallest absolute Gasteiger partial charge is 0.462 e. The summed E-state index contributed by atoms with van der Waals surface area (Å²) in [6.07, 6.45) is 49.9. The van der Waals surface area contributed by atoms with Crippen LogP contribution < -0.4 is 0 Å². The number of aliphatic hydroxyl groups excluding tert-OH is 1. The highest BCUT2D eigenvalue weighted by Crippen LogP contribution is 2.45. The largest absolute Gasteiger partial charge is 0.472 e. The first-order valence-electron chi connectivity index (χ1n) is 39.3. The van der Waals surface area contributed by atoms with Gasteiger partial charge in [0.25, 0.3) is 0 Å². The van der Waals surface area contributed by atoms with Crippen LogP contribution in [0.5, 0.6) is 0 Å². The Balaban J connectivity index is 5.23. The van der Waals surface area contributed by atoms with Crippen LogP contribution in [0, 0.1) is 23.7 Å². The predicted octanol–water partition coefficient (Wildman–Crippen LogP) is 22.0. The van der Waals surface area contributed by atoms with Gasteiger partial charge in [0.15, 0.2) is 12.2 Å². The Labute approximate surface area is 581 Å². The van der Waals surface area contributed by atoms with E-state index in [1.807, 2.05) is 0 Å². The van der Waals surface area contributed by atoms with Crippen LogP contribution in [-0.2, 0) is 65.4 Å². The van der Waals surface area contributed by atoms with Crippen LogP contribution in [0.2, 0.25) is 0 Å². The highest BCUT2D eigenvalue weighted by atomic mass is 31.2. The summed E-state index contributed by atoms with van der Waals surface area (Å²) in [4.78, 5) is 72.8. The molecule has 95 heavy (non-hydrogen) atoms. The van der Waals surface area contributed by atoms with E-state index in [4.69, 9.17) is 37.0 Å². The van der Waals surface area contributed by atoms with Crippen molar-refractivity contribution in [2.75, 3.05) is 39.6 Å². The minimum atomic E-state index is -4.96. The van der Waals surface area contributed by atoms with Crippen molar-refractivity contribution < 1.29 is 80.2 Å². The molecule has 4 unspecified atom stereocenters. The number of unbranched alkanes of at least 4 members (excludes halogenated alkanes) is 37. The van der Waals surface area contributed by atoms with Crippen LogP contribution in [-0.4, -0.2) is 96.7 Å². The van der Waals surface area contributed by atoms with E-state index in [1.54, 1.807) is 0 Å². The molecule has 0 fully saturated rings. The number of phosphoric ester groups is 2. The second kappa shape index (κ2) is 65.4. The first-order chi connectivity index (χ1) is 45.7. The van der Waals surface area contributed by atoms with Gasteiger partial charge in [-0.05, 0) is 49.4 Å². The summed E-state index contributed by atoms with van der Waals surface area (Å²) in [6.45, 7) is 14.2. The van der Waals surface area contributed by atoms with Crippen LogP contribution in [0.25, 0.3) is 0 Å². The number of carbonyl (C=O) groups is 4. The van der Waals surface area contributed by atoms with Crippen LogP contribution >= 0.6 is 15.6 Å². The maximum atomic E-state index is 13.1. The maximum Gasteiger partial charge on any atom is 0.472 e. The van der Waals surface area contributed by atoms with Gasteiger partial charge in [0, 0.05) is 25.7 Å². The summed E-state index contributed by atoms with van der Waals surface area (Å²) in [5.74, 6) is 0.973. The molecule has 0 spiro atoms. The zero-order valence-corrected chi connectivity index (χ0v) is 64.1. The lowest BCUT2D eigenvalue weighted by molar-refractivity contribution is -0.161. The van der Waals surface area contributed by atoms with E-state index >= 15 is 0 Å². The fourth-order valence-corrected chi connectivity index (χ4v) is 13.1. The summed E-state index contributed by atoms with van der Waals surface area (Å²) in [5.41, 5.74) is 0. The average Bonchev–Trinajstić information content (AvgIpc) is 2.67. The topological polar surface area (TPSA) is 237 Å². The van der Waals surface area contributed by atoms with Gasteiger partial charge in [0.1, 0.15) is 19.3 Å². The number of carbonyl (C=O) groups excluding carboxylic acids is 4. The van der Waals surface area contributed by atoms with E-state index < -0.39 is 97.5 Å². The van der Waals surface area contributed by atoms with Crippen molar-refractivity contribution >= 4 is 39.5 Å². The third-order valence-electron chi connectivity index (χ3n) is 18.3. The van der Waals surface area contributed by atoms with Gasteiger partial charge >= 0.3 is 39.5 Å². The standard InChI is InChI=1S/C76H148O17P2/c1-9-68(7)54-46-38-30-24-18-13-11-12-14-20-26-32-42-50-58-75(80)93-72(63-87-74(79)57-49-41-35-34-39-47-55-69(8)10-2)65-91-95(84,85)89-61-70(77)60-88-94(82,83)90-64-71(92-76(81)59-51-43-33-27-21-23-29-37-45-53-67(5)6)62-86-73(78)56-48-40-31-25-19-16-15-17-22-28-36-44-52-66(3)4/h66-72,77H,9-65H2,1-8H3,(H,82,83)(H,84,85)/t68?,69?,70-,71-,72-/m1/s1. The second-order valence-corrected chi connectivity index (χ2v) is 31.7. The molecule has 17 nitrogen and oxygen atoms in total. The molecular formula is C76H148O17P2. The van der Waals surface area contributed by atoms with Crippen molar-refractivity contribution in [3.05, 3.63) is 0 Å². The van der Waals surface area contributed by atoms with Crippen molar-refractivity contribution in [1.29, 1.82) is 0 Å². The van der Waals surface area contributed by atoms with Gasteiger partial charge in [-0.2, -0.15) is 0 Å². The minimum Gasteiger partial charge on any atom is -0.462 e. The Hall–Kier alpha value is -1.94. The van der Waals surface area contributed by atoms with Crippen LogP contribution in [0.15, 0.2) is 0 Å². The van der Waals surface area contributed by atoms with Crippen molar-refractivity contribution in [3.8, 4) is 0 Å². The number of esters is 4. The molecule has 0 rings (SSSR count). The van der Waals surface area contributed by atoms with Gasteiger partial charge in [0.2, 0.25) is 0 Å². The van der Waals surface area contributed by atoms with E-state index in [9.17, 15) is 43.2 Å². The number of aliphatic hydroxyl groups is 1. The molecule has 0 aromatic carbocycles. The van der Waals surface area contributed by atoms with E-state index in [2.05, 4.69) is 55.4 Å². The third-order valence-corrected chi connectivity index (χ3v) is 20.2. The molecule has 0 amide bonds. The number of phosphoric acid groups is 2. The number of hydrogen-bond donors (Lipinski definition) is 3. The fourth-order valence-electron chi connectivity index (χ4n) is 11.5. The van der Waals surface area contributed by atoms with Gasteiger partial charge in [0.05, 0.1) is 26.4 Å². The summed E-state index contributed by atoms with van der Waals surface area (Å²) in [5, 5.41) is 10.6. The van der Waals surface area contributed by atoms with Crippen molar-refractivity contribution in [2.45, 2.75) is 401 Å². The number of hydrogen-bond acceptors (Lipinski definition) is 15. The van der Waals surface area contributed by atoms with Crippen molar-refractivity contribution in [3.63, 3.8) is 0 Å². The number of rotatable bonds is 73. The molecule has 0 radical (unpaired) electrons. The lowest BCUT2D eigenvalue weighted by Crippen LogP contribution is -2.30. The van der Waals surface area contributed by atoms with Gasteiger partial charge in [-0.25, -0.2) is 9.13 Å². The van der Waals surface area contributed by atoms with Crippen LogP contribution in [0.1, 0.15) is 383 Å². The first kappa shape index (κ1) is 93.1. The zero-order valence-electron chi connectivity index (χ0n) is 62.3. The molecule has 0 bridgehead atoms. The molecule has 0 aromatic rings. The third kappa shape index (κ3) is 67.6. The van der Waals surface area contributed by atoms with Crippen LogP contribution in [0.4, 0.5) is 0 Å². The Bertz CT molecular complexity index is 1870. The Kier molecular flexibility index (Phi) is 64.0. The highest BCUT2D eigenvalue weighted by Gasteiger charge is 2.30. The molecule has 0 aliphatic carbocycles. The number of ether oxygens (including phenoxy) is 4. The molecule has 0 aliphatic heterocycles. The lowest BCUT2D eigenvalue weighted by Gasteiger charge is -2.21. The molecule has 19 heteroatoms. The van der Waals surface area contributed by atoms with Gasteiger partial charge in [-0.15, -0.1) is 0 Å². The predicted molar refractivity (Wildman–Crippen MR) is 386 cm³/mol. The maximum absolute atomic E-state index is 13.1. The summed E-state index contributed by atoms with van der Waals surface area (Å²) in [7, 11) is -9.91. The summed E-state index contributed by atoms with van der Waals surface area (Å²) >= 11 is 0. The van der Waals surface area contributed by atoms with Crippen molar-refractivity contribution in [1.82, 2.24) is 0 Å². The molecule has 0 saturated carbocycles. The second-order valence-electron chi connectivity index (χ2n) is 28.8.